The smallest absolute Gasteiger partial charge is 0.221 e. The molecule has 20 heavy (non-hydrogen) atoms. The normalized spacial score (nSPS) is 11.9. The summed E-state index contributed by atoms with van der Waals surface area (Å²) >= 11 is 1.48. The van der Waals surface area contributed by atoms with Crippen molar-refractivity contribution in [3.8, 4) is 0 Å². The summed E-state index contributed by atoms with van der Waals surface area (Å²) in [5.74, 6) is -0.235. The van der Waals surface area contributed by atoms with Crippen LogP contribution in [-0.4, -0.2) is 41.7 Å². The summed E-state index contributed by atoms with van der Waals surface area (Å²) in [4.78, 5) is 16.6. The maximum atomic E-state index is 11.5. The molecule has 10 heteroatoms. The summed E-state index contributed by atoms with van der Waals surface area (Å²) in [6, 6.07) is 0. The second-order valence-electron chi connectivity index (χ2n) is 4.27. The molecule has 110 valence electrons. The van der Waals surface area contributed by atoms with Crippen molar-refractivity contribution in [1.29, 1.82) is 0 Å². The van der Waals surface area contributed by atoms with Gasteiger partial charge in [0.2, 0.25) is 20.9 Å². The van der Waals surface area contributed by atoms with E-state index in [1.165, 1.54) is 11.3 Å². The highest BCUT2D eigenvalue weighted by Gasteiger charge is 2.08. The fourth-order valence-corrected chi connectivity index (χ4v) is 2.77. The number of aryl methyl sites for hydroxylation is 1. The lowest BCUT2D eigenvalue weighted by Crippen LogP contribution is -2.29. The van der Waals surface area contributed by atoms with E-state index in [-0.39, 0.29) is 18.9 Å². The molecule has 0 unspecified atom stereocenters. The van der Waals surface area contributed by atoms with E-state index in [0.717, 1.165) is 16.2 Å². The minimum Gasteiger partial charge on any atom is -0.350 e. The van der Waals surface area contributed by atoms with Gasteiger partial charge in [0, 0.05) is 13.0 Å². The van der Waals surface area contributed by atoms with Gasteiger partial charge in [0.05, 0.1) is 24.7 Å². The standard InChI is InChI=1S/C10H15N5O3S2/c1-7-14-15-6-8(13-10(15)19-7)5-11-9(16)3-4-12-20(2,17)18/h6,12H,3-5H2,1-2H3,(H,11,16). The van der Waals surface area contributed by atoms with E-state index in [1.807, 2.05) is 6.92 Å². The summed E-state index contributed by atoms with van der Waals surface area (Å²) in [5.41, 5.74) is 0.716. The lowest BCUT2D eigenvalue weighted by atomic mass is 10.4. The van der Waals surface area contributed by atoms with Crippen molar-refractivity contribution in [1.82, 2.24) is 24.6 Å². The van der Waals surface area contributed by atoms with Crippen molar-refractivity contribution in [2.45, 2.75) is 19.9 Å². The van der Waals surface area contributed by atoms with Crippen LogP contribution in [0.25, 0.3) is 4.96 Å². The van der Waals surface area contributed by atoms with Crippen LogP contribution >= 0.6 is 11.3 Å². The second-order valence-corrected chi connectivity index (χ2v) is 7.27. The van der Waals surface area contributed by atoms with Gasteiger partial charge in [-0.05, 0) is 6.92 Å². The second kappa shape index (κ2) is 5.85. The Kier molecular flexibility index (Phi) is 4.35. The molecule has 0 fully saturated rings. The van der Waals surface area contributed by atoms with Crippen LogP contribution in [0.4, 0.5) is 0 Å². The molecule has 0 radical (unpaired) electrons. The number of amides is 1. The van der Waals surface area contributed by atoms with E-state index in [2.05, 4.69) is 20.1 Å². The molecule has 2 rings (SSSR count). The summed E-state index contributed by atoms with van der Waals surface area (Å²) in [6.45, 7) is 2.28. The number of rotatable bonds is 6. The topological polar surface area (TPSA) is 105 Å². The van der Waals surface area contributed by atoms with Crippen LogP contribution in [0, 0.1) is 6.92 Å². The summed E-state index contributed by atoms with van der Waals surface area (Å²) < 4.78 is 25.6. The molecule has 0 bridgehead atoms. The van der Waals surface area contributed by atoms with Gasteiger partial charge in [0.1, 0.15) is 5.01 Å². The van der Waals surface area contributed by atoms with Crippen molar-refractivity contribution in [3.63, 3.8) is 0 Å². The van der Waals surface area contributed by atoms with Gasteiger partial charge >= 0.3 is 0 Å². The van der Waals surface area contributed by atoms with E-state index in [0.29, 0.717) is 12.2 Å². The molecule has 2 heterocycles. The number of nitrogens with zero attached hydrogens (tertiary/aromatic N) is 3. The lowest BCUT2D eigenvalue weighted by molar-refractivity contribution is -0.121. The highest BCUT2D eigenvalue weighted by molar-refractivity contribution is 7.88. The molecule has 2 N–H and O–H groups in total. The van der Waals surface area contributed by atoms with Crippen molar-refractivity contribution < 1.29 is 13.2 Å². The molecule has 0 aliphatic carbocycles. The van der Waals surface area contributed by atoms with Crippen molar-refractivity contribution in [2.24, 2.45) is 0 Å². The third-order valence-electron chi connectivity index (χ3n) is 2.38. The number of nitrogens with one attached hydrogen (secondary N) is 2. The highest BCUT2D eigenvalue weighted by Crippen LogP contribution is 2.13. The van der Waals surface area contributed by atoms with Crippen LogP contribution in [0.1, 0.15) is 17.1 Å². The fraction of sp³-hybridized carbons (Fsp3) is 0.500. The van der Waals surface area contributed by atoms with Gasteiger partial charge in [-0.25, -0.2) is 22.6 Å². The number of hydrogen-bond donors (Lipinski definition) is 2. The molecule has 0 saturated heterocycles. The minimum absolute atomic E-state index is 0.0870. The largest absolute Gasteiger partial charge is 0.350 e. The quantitative estimate of drug-likeness (QED) is 0.758. The van der Waals surface area contributed by atoms with Crippen LogP contribution in [-0.2, 0) is 21.4 Å². The van der Waals surface area contributed by atoms with Gasteiger partial charge in [0.25, 0.3) is 0 Å². The first-order chi connectivity index (χ1) is 9.33. The third-order valence-corrected chi connectivity index (χ3v) is 3.94. The fourth-order valence-electron chi connectivity index (χ4n) is 1.56. The number of aromatic nitrogens is 3. The number of imidazole rings is 1. The maximum absolute atomic E-state index is 11.5. The molecular weight excluding hydrogens is 302 g/mol. The Morgan fingerprint density at radius 1 is 1.50 bits per heavy atom. The van der Waals surface area contributed by atoms with Gasteiger partial charge in [-0.15, -0.1) is 0 Å². The van der Waals surface area contributed by atoms with Crippen molar-refractivity contribution >= 4 is 32.2 Å². The summed E-state index contributed by atoms with van der Waals surface area (Å²) in [6.07, 6.45) is 2.90. The zero-order valence-corrected chi connectivity index (χ0v) is 12.7. The van der Waals surface area contributed by atoms with E-state index >= 15 is 0 Å². The number of carbonyl (C=O) groups is 1. The summed E-state index contributed by atoms with van der Waals surface area (Å²) in [5, 5.41) is 7.82. The average Bonchev–Trinajstić information content (AvgIpc) is 2.81. The van der Waals surface area contributed by atoms with E-state index in [4.69, 9.17) is 0 Å². The number of sulfonamides is 1. The SMILES string of the molecule is Cc1nn2cc(CNC(=O)CCNS(C)(=O)=O)nc2s1. The highest BCUT2D eigenvalue weighted by atomic mass is 32.2. The molecule has 2 aromatic heterocycles. The molecular formula is C10H15N5O3S2. The molecule has 8 nitrogen and oxygen atoms in total. The first-order valence-corrected chi connectivity index (χ1v) is 8.57. The molecule has 0 atom stereocenters. The third kappa shape index (κ3) is 4.25. The van der Waals surface area contributed by atoms with E-state index < -0.39 is 10.0 Å². The Labute approximate surface area is 120 Å². The molecule has 2 aromatic rings. The molecule has 0 saturated carbocycles. The van der Waals surface area contributed by atoms with Gasteiger partial charge in [-0.1, -0.05) is 11.3 Å². The molecule has 0 aromatic carbocycles. The van der Waals surface area contributed by atoms with Crippen LogP contribution in [0.3, 0.4) is 0 Å². The lowest BCUT2D eigenvalue weighted by Gasteiger charge is -2.03. The Morgan fingerprint density at radius 2 is 2.25 bits per heavy atom. The van der Waals surface area contributed by atoms with Gasteiger partial charge < -0.3 is 5.32 Å². The van der Waals surface area contributed by atoms with Gasteiger partial charge in [-0.2, -0.15) is 5.10 Å². The van der Waals surface area contributed by atoms with Crippen LogP contribution in [0.15, 0.2) is 6.20 Å². The van der Waals surface area contributed by atoms with Crippen molar-refractivity contribution in [2.75, 3.05) is 12.8 Å². The number of hydrogen-bond acceptors (Lipinski definition) is 6. The molecule has 0 spiro atoms. The monoisotopic (exact) mass is 317 g/mol. The molecule has 0 aliphatic rings. The predicted octanol–water partition coefficient (Wildman–Crippen LogP) is -0.345. The van der Waals surface area contributed by atoms with Crippen LogP contribution in [0.5, 0.6) is 0 Å². The predicted molar refractivity (Wildman–Crippen MR) is 74.9 cm³/mol. The maximum Gasteiger partial charge on any atom is 0.221 e. The van der Waals surface area contributed by atoms with Crippen molar-refractivity contribution in [3.05, 3.63) is 16.9 Å². The van der Waals surface area contributed by atoms with Crippen LogP contribution < -0.4 is 10.0 Å². The number of fused-ring (bicyclic) bond motifs is 1. The Bertz CT molecular complexity index is 687. The average molecular weight is 317 g/mol. The van der Waals surface area contributed by atoms with Gasteiger partial charge in [0.15, 0.2) is 0 Å². The minimum atomic E-state index is -3.25. The van der Waals surface area contributed by atoms with Crippen LogP contribution in [0.2, 0.25) is 0 Å². The number of carbonyl (C=O) groups excluding carboxylic acids is 1. The zero-order chi connectivity index (χ0) is 14.8. The molecule has 1 amide bonds. The zero-order valence-electron chi connectivity index (χ0n) is 11.1. The van der Waals surface area contributed by atoms with Gasteiger partial charge in [-0.3, -0.25) is 4.79 Å². The molecule has 0 aliphatic heterocycles. The van der Waals surface area contributed by atoms with E-state index in [9.17, 15) is 13.2 Å². The first kappa shape index (κ1) is 14.9. The Morgan fingerprint density at radius 3 is 2.90 bits per heavy atom. The first-order valence-electron chi connectivity index (χ1n) is 5.86. The Balaban J connectivity index is 1.79. The van der Waals surface area contributed by atoms with E-state index in [1.54, 1.807) is 10.7 Å². The summed E-state index contributed by atoms with van der Waals surface area (Å²) in [7, 11) is -3.25. The Hall–Kier alpha value is -1.52.